The summed E-state index contributed by atoms with van der Waals surface area (Å²) in [5.74, 6) is -8.98. The van der Waals surface area contributed by atoms with Gasteiger partial charge in [0.05, 0.1) is 11.6 Å². The van der Waals surface area contributed by atoms with Crippen LogP contribution >= 0.6 is 0 Å². The molecule has 2 saturated carbocycles. The maximum Gasteiger partial charge on any atom is 0.416 e. The number of halogens is 8. The number of rotatable bonds is 7. The zero-order valence-electron chi connectivity index (χ0n) is 22.3. The molecule has 5 rings (SSSR count). The summed E-state index contributed by atoms with van der Waals surface area (Å²) in [6, 6.07) is 2.53. The lowest BCUT2D eigenvalue weighted by atomic mass is 9.88. The first-order valence-electron chi connectivity index (χ1n) is 13.7. The van der Waals surface area contributed by atoms with E-state index >= 15 is 8.78 Å². The minimum atomic E-state index is -5.18. The summed E-state index contributed by atoms with van der Waals surface area (Å²) in [4.78, 5) is 28.5. The summed E-state index contributed by atoms with van der Waals surface area (Å²) in [5, 5.41) is 14.7. The Kier molecular flexibility index (Phi) is 7.49. The number of alkyl halides is 8. The molecule has 2 saturated heterocycles. The third-order valence-electron chi connectivity index (χ3n) is 8.77. The van der Waals surface area contributed by atoms with Crippen molar-refractivity contribution in [2.24, 2.45) is 11.3 Å². The van der Waals surface area contributed by atoms with Gasteiger partial charge in [0.25, 0.3) is 5.92 Å². The van der Waals surface area contributed by atoms with E-state index in [0.29, 0.717) is 43.2 Å². The van der Waals surface area contributed by atoms with Crippen molar-refractivity contribution >= 4 is 11.8 Å². The van der Waals surface area contributed by atoms with Crippen LogP contribution in [0.5, 0.6) is 0 Å². The summed E-state index contributed by atoms with van der Waals surface area (Å²) in [5.41, 5.74) is -6.93. The fourth-order valence-electron chi connectivity index (χ4n) is 5.86. The molecule has 2 aliphatic heterocycles. The lowest BCUT2D eigenvalue weighted by Crippen LogP contribution is -2.53. The molecule has 0 bridgehead atoms. The molecular weight excluding hydrogens is 578 g/mol. The average Bonchev–Trinajstić information content (AvgIpc) is 3.84. The van der Waals surface area contributed by atoms with E-state index in [1.807, 2.05) is 11.0 Å². The average molecular weight is 608 g/mol. The zero-order valence-corrected chi connectivity index (χ0v) is 22.3. The highest BCUT2D eigenvalue weighted by atomic mass is 19.4. The highest BCUT2D eigenvalue weighted by Gasteiger charge is 2.71. The van der Waals surface area contributed by atoms with E-state index in [1.54, 1.807) is 0 Å². The van der Waals surface area contributed by atoms with Gasteiger partial charge >= 0.3 is 12.4 Å². The molecule has 1 unspecified atom stereocenters. The minimum absolute atomic E-state index is 0.102. The predicted molar refractivity (Wildman–Crippen MR) is 131 cm³/mol. The number of nitrogens with zero attached hydrogens (tertiary/aromatic N) is 3. The van der Waals surface area contributed by atoms with Crippen molar-refractivity contribution in [2.75, 3.05) is 32.7 Å². The molecule has 4 aliphatic rings. The molecule has 1 aromatic rings. The molecule has 0 aromatic heterocycles. The number of hydrogen-bond donors (Lipinski definition) is 2. The zero-order chi connectivity index (χ0) is 30.7. The second-order valence-corrected chi connectivity index (χ2v) is 11.7. The number of nitriles is 1. The van der Waals surface area contributed by atoms with Crippen LogP contribution in [0.2, 0.25) is 0 Å². The first-order chi connectivity index (χ1) is 19.5. The number of likely N-dealkylation sites (tertiary alicyclic amines) is 1. The molecule has 2 amide bonds. The smallest absolute Gasteiger partial charge is 0.336 e. The monoisotopic (exact) mass is 607 g/mol. The van der Waals surface area contributed by atoms with Gasteiger partial charge in [-0.25, -0.2) is 8.78 Å². The molecule has 4 fully saturated rings. The molecule has 2 aliphatic carbocycles. The highest BCUT2D eigenvalue weighted by Crippen LogP contribution is 2.60. The standard InChI is InChI=1S/C27H29F8N5O2/c28-25(29,18-2-1-16(11-19(18)26(30,31)32)13-39-9-7-37-8-10-39)17-12-20(21(41)38-23(15-36)3-4-23)40(14-17)22(42)24(5-6-24)27(33,34)35/h1-2,11,17,20,37H,3-10,12-14H2,(H,38,41)/t17?,20-/m0/s1. The molecule has 15 heteroatoms. The van der Waals surface area contributed by atoms with Crippen molar-refractivity contribution in [1.82, 2.24) is 20.4 Å². The van der Waals surface area contributed by atoms with E-state index in [-0.39, 0.29) is 24.9 Å². The number of piperazine rings is 1. The van der Waals surface area contributed by atoms with E-state index < -0.39 is 89.9 Å². The van der Waals surface area contributed by atoms with Gasteiger partial charge in [0.2, 0.25) is 11.8 Å². The molecule has 2 N–H and O–H groups in total. The fourth-order valence-corrected chi connectivity index (χ4v) is 5.86. The highest BCUT2D eigenvalue weighted by molar-refractivity contribution is 5.93. The van der Waals surface area contributed by atoms with E-state index in [4.69, 9.17) is 0 Å². The van der Waals surface area contributed by atoms with Crippen LogP contribution in [0.3, 0.4) is 0 Å². The summed E-state index contributed by atoms with van der Waals surface area (Å²) in [6.45, 7) is 1.41. The summed E-state index contributed by atoms with van der Waals surface area (Å²) in [7, 11) is 0. The number of carbonyl (C=O) groups excluding carboxylic acids is 2. The van der Waals surface area contributed by atoms with Gasteiger partial charge in [-0.05, 0) is 43.7 Å². The van der Waals surface area contributed by atoms with Crippen LogP contribution < -0.4 is 10.6 Å². The Bertz CT molecular complexity index is 1280. The van der Waals surface area contributed by atoms with Crippen molar-refractivity contribution in [2.45, 2.75) is 68.5 Å². The molecule has 0 spiro atoms. The molecule has 1 aromatic carbocycles. The van der Waals surface area contributed by atoms with Crippen molar-refractivity contribution in [1.29, 1.82) is 5.26 Å². The van der Waals surface area contributed by atoms with Gasteiger partial charge in [0.1, 0.15) is 17.0 Å². The number of benzene rings is 1. The second kappa shape index (κ2) is 10.3. The summed E-state index contributed by atoms with van der Waals surface area (Å²) < 4.78 is 116. The first-order valence-corrected chi connectivity index (χ1v) is 13.7. The Hall–Kier alpha value is -2.99. The number of amides is 2. The topological polar surface area (TPSA) is 88.5 Å². The van der Waals surface area contributed by atoms with Gasteiger partial charge in [-0.15, -0.1) is 0 Å². The van der Waals surface area contributed by atoms with Crippen molar-refractivity contribution in [3.05, 3.63) is 34.9 Å². The van der Waals surface area contributed by atoms with Crippen molar-refractivity contribution in [3.8, 4) is 6.07 Å². The Morgan fingerprint density at radius 1 is 1.00 bits per heavy atom. The fraction of sp³-hybridized carbons (Fsp3) is 0.667. The summed E-state index contributed by atoms with van der Waals surface area (Å²) in [6.07, 6.45) is -11.8. The van der Waals surface area contributed by atoms with Gasteiger partial charge < -0.3 is 15.5 Å². The summed E-state index contributed by atoms with van der Waals surface area (Å²) >= 11 is 0. The van der Waals surface area contributed by atoms with Crippen molar-refractivity contribution in [3.63, 3.8) is 0 Å². The van der Waals surface area contributed by atoms with Crippen LogP contribution in [0.4, 0.5) is 35.1 Å². The first kappa shape index (κ1) is 30.5. The van der Waals surface area contributed by atoms with Crippen LogP contribution in [0.1, 0.15) is 48.8 Å². The van der Waals surface area contributed by atoms with Crippen LogP contribution in [0, 0.1) is 22.7 Å². The number of carbonyl (C=O) groups is 2. The quantitative estimate of drug-likeness (QED) is 0.459. The molecule has 2 atom stereocenters. The van der Waals surface area contributed by atoms with E-state index in [9.17, 15) is 41.2 Å². The second-order valence-electron chi connectivity index (χ2n) is 11.7. The van der Waals surface area contributed by atoms with Crippen LogP contribution in [-0.2, 0) is 28.2 Å². The molecule has 42 heavy (non-hydrogen) atoms. The van der Waals surface area contributed by atoms with Crippen LogP contribution in [-0.4, -0.2) is 72.1 Å². The molecule has 7 nitrogen and oxygen atoms in total. The normalized spacial score (nSPS) is 25.5. The van der Waals surface area contributed by atoms with Gasteiger partial charge in [-0.2, -0.15) is 31.6 Å². The third-order valence-corrected chi connectivity index (χ3v) is 8.77. The Morgan fingerprint density at radius 2 is 1.64 bits per heavy atom. The van der Waals surface area contributed by atoms with Gasteiger partial charge in [0, 0.05) is 50.7 Å². The molecular formula is C27H29F8N5O2. The maximum absolute atomic E-state index is 16.0. The van der Waals surface area contributed by atoms with Gasteiger partial charge in [-0.3, -0.25) is 14.5 Å². The Balaban J connectivity index is 1.45. The van der Waals surface area contributed by atoms with Crippen LogP contribution in [0.15, 0.2) is 18.2 Å². The molecule has 0 radical (unpaired) electrons. The maximum atomic E-state index is 16.0. The lowest BCUT2D eigenvalue weighted by molar-refractivity contribution is -0.199. The van der Waals surface area contributed by atoms with E-state index in [1.165, 1.54) is 0 Å². The van der Waals surface area contributed by atoms with Crippen LogP contribution in [0.25, 0.3) is 0 Å². The lowest BCUT2D eigenvalue weighted by Gasteiger charge is -2.30. The predicted octanol–water partition coefficient (Wildman–Crippen LogP) is 3.93. The Labute approximate surface area is 236 Å². The number of hydrogen-bond acceptors (Lipinski definition) is 5. The van der Waals surface area contributed by atoms with Crippen molar-refractivity contribution < 1.29 is 44.7 Å². The van der Waals surface area contributed by atoms with Gasteiger partial charge in [-0.1, -0.05) is 12.1 Å². The third kappa shape index (κ3) is 5.55. The Morgan fingerprint density at radius 3 is 2.17 bits per heavy atom. The SMILES string of the molecule is N#CC1(NC(=O)[C@@H]2CC(C(F)(F)c3ccc(CN4CCNCC4)cc3C(F)(F)F)CN2C(=O)C2(C(F)(F)F)CC2)CC1. The van der Waals surface area contributed by atoms with E-state index in [0.717, 1.165) is 6.07 Å². The van der Waals surface area contributed by atoms with Gasteiger partial charge in [0.15, 0.2) is 0 Å². The number of nitrogens with one attached hydrogen (secondary N) is 2. The largest absolute Gasteiger partial charge is 0.416 e. The minimum Gasteiger partial charge on any atom is -0.336 e. The molecule has 230 valence electrons. The van der Waals surface area contributed by atoms with E-state index in [2.05, 4.69) is 10.6 Å². The molecule has 2 heterocycles.